The predicted octanol–water partition coefficient (Wildman–Crippen LogP) is 22.4. The molecular formula is C97H66B2N4OS. The highest BCUT2D eigenvalue weighted by Gasteiger charge is 2.48. The zero-order valence-corrected chi connectivity index (χ0v) is 58.4. The van der Waals surface area contributed by atoms with Crippen LogP contribution in [0.1, 0.15) is 5.56 Å². The van der Waals surface area contributed by atoms with Gasteiger partial charge in [0, 0.05) is 72.6 Å². The van der Waals surface area contributed by atoms with Crippen molar-refractivity contribution < 1.29 is 4.74 Å². The number of ether oxygens (including phenoxy) is 1. The van der Waals surface area contributed by atoms with E-state index >= 15 is 0 Å². The minimum absolute atomic E-state index is 0.149. The number of benzene rings is 16. The lowest BCUT2D eigenvalue weighted by Gasteiger charge is -2.46. The maximum atomic E-state index is 7.31. The Kier molecular flexibility index (Phi) is 15.2. The van der Waals surface area contributed by atoms with E-state index in [1.54, 1.807) is 0 Å². The van der Waals surface area contributed by atoms with Crippen molar-refractivity contribution in [1.29, 1.82) is 0 Å². The third-order valence-electron chi connectivity index (χ3n) is 21.5. The molecule has 0 spiro atoms. The van der Waals surface area contributed by atoms with E-state index in [9.17, 15) is 0 Å². The fourth-order valence-corrected chi connectivity index (χ4v) is 17.9. The van der Waals surface area contributed by atoms with E-state index in [1.807, 2.05) is 11.8 Å². The molecule has 8 heteroatoms. The molecule has 4 heterocycles. The highest BCUT2D eigenvalue weighted by Crippen LogP contribution is 2.53. The van der Waals surface area contributed by atoms with Crippen LogP contribution in [0.2, 0.25) is 0 Å². The monoisotopic (exact) mass is 1360 g/mol. The Bertz CT molecular complexity index is 5810. The van der Waals surface area contributed by atoms with Gasteiger partial charge < -0.3 is 24.3 Å². The van der Waals surface area contributed by atoms with Crippen molar-refractivity contribution >= 4 is 126 Å². The van der Waals surface area contributed by atoms with E-state index in [0.717, 1.165) is 129 Å². The first-order valence-corrected chi connectivity index (χ1v) is 36.9. The smallest absolute Gasteiger partial charge is 0.253 e. The van der Waals surface area contributed by atoms with Crippen LogP contribution in [0.3, 0.4) is 0 Å². The summed E-state index contributed by atoms with van der Waals surface area (Å²) in [7, 11) is 0. The molecule has 0 N–H and O–H groups in total. The van der Waals surface area contributed by atoms with Crippen LogP contribution < -0.4 is 57.1 Å². The van der Waals surface area contributed by atoms with Gasteiger partial charge in [-0.2, -0.15) is 0 Å². The molecule has 0 atom stereocenters. The molecule has 0 saturated carbocycles. The summed E-state index contributed by atoms with van der Waals surface area (Å²) in [6.07, 6.45) is 0. The molecule has 16 aromatic carbocycles. The first-order valence-electron chi connectivity index (χ1n) is 36.1. The summed E-state index contributed by atoms with van der Waals surface area (Å²) < 4.78 is 7.31. The summed E-state index contributed by atoms with van der Waals surface area (Å²) in [5.41, 5.74) is 33.1. The molecule has 0 amide bonds. The molecule has 5 nitrogen and oxygen atoms in total. The first kappa shape index (κ1) is 61.8. The number of fused-ring (bicyclic) bond motifs is 8. The second-order valence-corrected chi connectivity index (χ2v) is 28.6. The number of para-hydroxylation sites is 4. The largest absolute Gasteiger partial charge is 0.458 e. The van der Waals surface area contributed by atoms with Crippen molar-refractivity contribution in [2.45, 2.75) is 16.7 Å². The molecule has 0 aliphatic carbocycles. The Balaban J connectivity index is 0.832. The van der Waals surface area contributed by atoms with Gasteiger partial charge in [0.2, 0.25) is 0 Å². The Labute approximate surface area is 618 Å². The highest BCUT2D eigenvalue weighted by molar-refractivity contribution is 8.00. The Morgan fingerprint density at radius 3 is 1.20 bits per heavy atom. The Morgan fingerprint density at radius 1 is 0.267 bits per heavy atom. The zero-order chi connectivity index (χ0) is 69.5. The van der Waals surface area contributed by atoms with Gasteiger partial charge in [-0.15, -0.1) is 0 Å². The number of hydrogen-bond donors (Lipinski definition) is 0. The minimum atomic E-state index is -0.192. The summed E-state index contributed by atoms with van der Waals surface area (Å²) in [6.45, 7) is 1.96. The average molecular weight is 1360 g/mol. The van der Waals surface area contributed by atoms with Crippen LogP contribution in [-0.2, 0) is 0 Å². The van der Waals surface area contributed by atoms with Gasteiger partial charge in [0.05, 0.1) is 17.1 Å². The molecule has 0 unspecified atom stereocenters. The fourth-order valence-electron chi connectivity index (χ4n) is 16.6. The molecule has 0 aromatic heterocycles. The van der Waals surface area contributed by atoms with Gasteiger partial charge in [0.15, 0.2) is 0 Å². The lowest BCUT2D eigenvalue weighted by molar-refractivity contribution is 0.486. The average Bonchev–Trinajstić information content (AvgIpc) is 0.687. The van der Waals surface area contributed by atoms with Crippen LogP contribution in [0.4, 0.5) is 68.2 Å². The van der Waals surface area contributed by atoms with Gasteiger partial charge >= 0.3 is 0 Å². The molecule has 0 saturated heterocycles. The summed E-state index contributed by atoms with van der Waals surface area (Å²) >= 11 is 1.86. The van der Waals surface area contributed by atoms with Gasteiger partial charge in [-0.05, 0) is 187 Å². The van der Waals surface area contributed by atoms with Gasteiger partial charge in [0.25, 0.3) is 13.4 Å². The zero-order valence-electron chi connectivity index (χ0n) is 57.6. The maximum absolute atomic E-state index is 7.31. The van der Waals surface area contributed by atoms with E-state index in [0.29, 0.717) is 0 Å². The number of aryl methyl sites for hydroxylation is 1. The SMILES string of the molecule is Cc1cccc(-c2ccccc2)c1N1c2cc3c(cc2B2c4ccccc4N(c4ccccc4)c4cc(N(c5ccc(-c6ccccc6)cc5)c5ccc(-c6ccccc6)cc5)cc1c42)B1c2ccccc2Oc2cc(N(c4ccc(-c5ccccc5)cc4)c4ccc(-c5ccccc5)cc4)cc(c21)S3. The molecule has 16 aromatic rings. The van der Waals surface area contributed by atoms with Crippen LogP contribution in [0.15, 0.2) is 392 Å². The summed E-state index contributed by atoms with van der Waals surface area (Å²) in [5.74, 6) is 1.72. The molecule has 4 aliphatic rings. The third kappa shape index (κ3) is 10.7. The molecule has 20 rings (SSSR count). The molecule has 105 heavy (non-hydrogen) atoms. The topological polar surface area (TPSA) is 22.2 Å². The van der Waals surface area contributed by atoms with E-state index in [1.165, 1.54) is 54.5 Å². The molecule has 492 valence electrons. The highest BCUT2D eigenvalue weighted by atomic mass is 32.2. The second kappa shape index (κ2) is 25.8. The molecule has 0 radical (unpaired) electrons. The van der Waals surface area contributed by atoms with Crippen molar-refractivity contribution in [1.82, 2.24) is 0 Å². The standard InChI is InChI=1S/C97H66B2N4OS/c1-65-25-24-38-82(74-34-16-6-17-35-74)97(65)103-88-64-93-86(99-84-40-21-23-42-91(84)104-92-61-81(62-94(105-93)96(92)99)101(78-55-47-72(48-56-78)68-30-12-4-13-31-68)79-57-49-73(50-58-79)69-32-14-5-15-33-69)63-85(88)98-83-39-20-22-41-87(83)102(75-36-18-7-19-37-75)89-59-80(60-90(103)95(89)98)100(76-51-43-70(44-52-76)66-26-8-2-9-27-66)77-53-45-71(46-54-77)67-28-10-3-11-29-67/h2-64H,1H3. The normalized spacial score (nSPS) is 12.6. The quantitative estimate of drug-likeness (QED) is 0.107. The Morgan fingerprint density at radius 2 is 0.686 bits per heavy atom. The predicted molar refractivity (Wildman–Crippen MR) is 443 cm³/mol. The lowest BCUT2D eigenvalue weighted by Crippen LogP contribution is -2.64. The lowest BCUT2D eigenvalue weighted by atomic mass is 9.31. The van der Waals surface area contributed by atoms with Gasteiger partial charge in [-0.25, -0.2) is 0 Å². The van der Waals surface area contributed by atoms with Gasteiger partial charge in [-0.3, -0.25) is 0 Å². The maximum Gasteiger partial charge on any atom is 0.253 e. The van der Waals surface area contributed by atoms with Crippen molar-refractivity contribution in [2.75, 3.05) is 19.6 Å². The first-order chi connectivity index (χ1) is 52.0. The van der Waals surface area contributed by atoms with Crippen LogP contribution in [0, 0.1) is 6.92 Å². The summed E-state index contributed by atoms with van der Waals surface area (Å²) in [6, 6.07) is 141. The van der Waals surface area contributed by atoms with Crippen molar-refractivity contribution in [3.05, 3.63) is 388 Å². The third-order valence-corrected chi connectivity index (χ3v) is 22.6. The fraction of sp³-hybridized carbons (Fsp3) is 0.0103. The number of nitrogens with zero attached hydrogens (tertiary/aromatic N) is 4. The van der Waals surface area contributed by atoms with Gasteiger partial charge in [-0.1, -0.05) is 296 Å². The Hall–Kier alpha value is -13.0. The van der Waals surface area contributed by atoms with E-state index in [4.69, 9.17) is 4.74 Å². The van der Waals surface area contributed by atoms with Crippen molar-refractivity contribution in [2.24, 2.45) is 0 Å². The van der Waals surface area contributed by atoms with Gasteiger partial charge in [0.1, 0.15) is 11.5 Å². The van der Waals surface area contributed by atoms with Crippen molar-refractivity contribution in [3.8, 4) is 67.1 Å². The molecule has 4 aliphatic heterocycles. The number of rotatable bonds is 13. The van der Waals surface area contributed by atoms with Crippen LogP contribution in [0.5, 0.6) is 11.5 Å². The minimum Gasteiger partial charge on any atom is -0.458 e. The molecular weight excluding hydrogens is 1290 g/mol. The number of hydrogen-bond acceptors (Lipinski definition) is 6. The number of anilines is 12. The second-order valence-electron chi connectivity index (χ2n) is 27.5. The van der Waals surface area contributed by atoms with E-state index in [2.05, 4.69) is 409 Å². The van der Waals surface area contributed by atoms with E-state index < -0.39 is 0 Å². The van der Waals surface area contributed by atoms with Crippen molar-refractivity contribution in [3.63, 3.8) is 0 Å². The van der Waals surface area contributed by atoms with Crippen LogP contribution in [0.25, 0.3) is 55.6 Å². The van der Waals surface area contributed by atoms with Crippen LogP contribution >= 0.6 is 11.8 Å². The van der Waals surface area contributed by atoms with E-state index in [-0.39, 0.29) is 13.4 Å². The summed E-state index contributed by atoms with van der Waals surface area (Å²) in [5, 5.41) is 0. The molecule has 0 bridgehead atoms. The summed E-state index contributed by atoms with van der Waals surface area (Å²) in [4.78, 5) is 12.4. The van der Waals surface area contributed by atoms with Crippen LogP contribution in [-0.4, -0.2) is 13.4 Å². The molecule has 0 fully saturated rings.